The van der Waals surface area contributed by atoms with Crippen molar-refractivity contribution in [2.45, 2.75) is 4.90 Å². The minimum Gasteiger partial charge on any atom is -0.425 e. The lowest BCUT2D eigenvalue weighted by atomic mass is 10.2. The number of carbonyl (C=O) groups excluding carboxylic acids is 1. The van der Waals surface area contributed by atoms with Crippen LogP contribution in [0, 0.1) is 0 Å². The number of nitrogens with two attached hydrogens (primary N) is 1. The van der Waals surface area contributed by atoms with Crippen molar-refractivity contribution in [3.8, 4) is 5.95 Å². The third-order valence-corrected chi connectivity index (χ3v) is 6.85. The Morgan fingerprint density at radius 1 is 1.07 bits per heavy atom. The molecule has 3 aromatic rings. The van der Waals surface area contributed by atoms with Crippen LogP contribution in [-0.4, -0.2) is 45.0 Å². The van der Waals surface area contributed by atoms with Crippen molar-refractivity contribution < 1.29 is 22.4 Å². The van der Waals surface area contributed by atoms with Crippen LogP contribution in [0.15, 0.2) is 57.8 Å². The third kappa shape index (κ3) is 4.02. The van der Waals surface area contributed by atoms with Crippen molar-refractivity contribution in [3.63, 3.8) is 0 Å². The predicted molar refractivity (Wildman–Crippen MR) is 109 cm³/mol. The molecule has 2 heterocycles. The highest BCUT2D eigenvalue weighted by Crippen LogP contribution is 2.30. The quantitative estimate of drug-likeness (QED) is 0.675. The van der Waals surface area contributed by atoms with Crippen molar-refractivity contribution in [2.75, 3.05) is 31.1 Å². The fourth-order valence-corrected chi connectivity index (χ4v) is 5.04. The second kappa shape index (κ2) is 7.58. The van der Waals surface area contributed by atoms with Crippen LogP contribution in [0.25, 0.3) is 11.0 Å². The summed E-state index contributed by atoms with van der Waals surface area (Å²) in [6.07, 6.45) is -0.943. The van der Waals surface area contributed by atoms with E-state index in [-0.39, 0.29) is 10.8 Å². The second-order valence-corrected chi connectivity index (χ2v) is 8.93. The number of fused-ring (bicyclic) bond motifs is 1. The minimum absolute atomic E-state index is 0.0297. The van der Waals surface area contributed by atoms with Gasteiger partial charge in [-0.1, -0.05) is 17.7 Å². The topological polar surface area (TPSA) is 106 Å². The smallest absolute Gasteiger partial charge is 0.412 e. The number of amides is 1. The molecule has 0 spiro atoms. The standard InChI is InChI=1S/C19H18ClN3O5S/c20-14-2-1-3-16(12-14)29(25,26)23-8-6-22(7-9-23)15-4-5-17-13(10-15)11-18(27-17)28-19(21)24/h1-5,10-12H,6-9H2,(H2,21,24). The van der Waals surface area contributed by atoms with Gasteiger partial charge in [-0.25, -0.2) is 13.2 Å². The van der Waals surface area contributed by atoms with Crippen LogP contribution in [-0.2, 0) is 10.0 Å². The van der Waals surface area contributed by atoms with Gasteiger partial charge in [0.2, 0.25) is 10.0 Å². The van der Waals surface area contributed by atoms with Gasteiger partial charge < -0.3 is 19.8 Å². The molecule has 0 radical (unpaired) electrons. The lowest BCUT2D eigenvalue weighted by molar-refractivity contribution is 0.199. The van der Waals surface area contributed by atoms with Gasteiger partial charge in [-0.15, -0.1) is 0 Å². The Morgan fingerprint density at radius 3 is 2.52 bits per heavy atom. The minimum atomic E-state index is -3.59. The van der Waals surface area contributed by atoms with Crippen LogP contribution in [0.1, 0.15) is 0 Å². The maximum Gasteiger partial charge on any atom is 0.412 e. The van der Waals surface area contributed by atoms with Crippen molar-refractivity contribution in [1.29, 1.82) is 0 Å². The second-order valence-electron chi connectivity index (χ2n) is 6.56. The molecule has 1 amide bonds. The average Bonchev–Trinajstić information content (AvgIpc) is 3.08. The van der Waals surface area contributed by atoms with E-state index in [9.17, 15) is 13.2 Å². The molecule has 0 unspecified atom stereocenters. The van der Waals surface area contributed by atoms with Crippen LogP contribution >= 0.6 is 11.6 Å². The zero-order valence-electron chi connectivity index (χ0n) is 15.2. The molecule has 4 rings (SSSR count). The maximum absolute atomic E-state index is 12.8. The lowest BCUT2D eigenvalue weighted by Crippen LogP contribution is -2.48. The molecule has 8 nitrogen and oxygen atoms in total. The molecule has 0 bridgehead atoms. The Labute approximate surface area is 172 Å². The van der Waals surface area contributed by atoms with E-state index in [4.69, 9.17) is 26.5 Å². The summed E-state index contributed by atoms with van der Waals surface area (Å²) in [4.78, 5) is 13.1. The molecule has 1 saturated heterocycles. The van der Waals surface area contributed by atoms with Gasteiger partial charge in [-0.2, -0.15) is 4.31 Å². The number of furan rings is 1. The van der Waals surface area contributed by atoms with Crippen LogP contribution < -0.4 is 15.4 Å². The van der Waals surface area contributed by atoms with E-state index in [0.29, 0.717) is 36.8 Å². The highest BCUT2D eigenvalue weighted by atomic mass is 35.5. The Hall–Kier alpha value is -2.75. The Morgan fingerprint density at radius 2 is 1.83 bits per heavy atom. The van der Waals surface area contributed by atoms with E-state index in [0.717, 1.165) is 11.1 Å². The number of carbonyl (C=O) groups is 1. The van der Waals surface area contributed by atoms with Crippen molar-refractivity contribution in [1.82, 2.24) is 4.31 Å². The van der Waals surface area contributed by atoms with E-state index in [1.807, 2.05) is 12.1 Å². The molecule has 1 fully saturated rings. The number of sulfonamides is 1. The van der Waals surface area contributed by atoms with Crippen molar-refractivity contribution >= 4 is 44.4 Å². The number of hydrogen-bond acceptors (Lipinski definition) is 6. The van der Waals surface area contributed by atoms with E-state index in [1.165, 1.54) is 10.4 Å². The third-order valence-electron chi connectivity index (χ3n) is 4.72. The van der Waals surface area contributed by atoms with Crippen molar-refractivity contribution in [2.24, 2.45) is 5.73 Å². The molecule has 2 aromatic carbocycles. The summed E-state index contributed by atoms with van der Waals surface area (Å²) >= 11 is 5.94. The van der Waals surface area contributed by atoms with E-state index < -0.39 is 16.1 Å². The van der Waals surface area contributed by atoms with Crippen molar-refractivity contribution in [3.05, 3.63) is 53.6 Å². The highest BCUT2D eigenvalue weighted by Gasteiger charge is 2.28. The summed E-state index contributed by atoms with van der Waals surface area (Å²) in [6.45, 7) is 1.78. The molecule has 152 valence electrons. The first-order valence-electron chi connectivity index (χ1n) is 8.84. The number of hydrogen-bond donors (Lipinski definition) is 1. The van der Waals surface area contributed by atoms with Gasteiger partial charge in [-0.3, -0.25) is 0 Å². The summed E-state index contributed by atoms with van der Waals surface area (Å²) in [7, 11) is -3.59. The normalized spacial score (nSPS) is 15.6. The molecular weight excluding hydrogens is 418 g/mol. The zero-order valence-corrected chi connectivity index (χ0v) is 16.8. The number of ether oxygens (including phenoxy) is 1. The van der Waals surface area contributed by atoms with Gasteiger partial charge in [0.05, 0.1) is 4.90 Å². The first-order valence-corrected chi connectivity index (χ1v) is 10.7. The number of rotatable bonds is 4. The summed E-state index contributed by atoms with van der Waals surface area (Å²) in [5, 5.41) is 1.14. The molecule has 0 aliphatic carbocycles. The Balaban J connectivity index is 1.48. The molecule has 0 atom stereocenters. The summed E-state index contributed by atoms with van der Waals surface area (Å²) in [5.41, 5.74) is 6.48. The van der Waals surface area contributed by atoms with Crippen LogP contribution in [0.3, 0.4) is 0 Å². The number of benzene rings is 2. The van der Waals surface area contributed by atoms with Gasteiger partial charge >= 0.3 is 6.09 Å². The molecule has 1 aliphatic rings. The number of piperazine rings is 1. The van der Waals surface area contributed by atoms with E-state index in [2.05, 4.69) is 4.90 Å². The molecule has 0 saturated carbocycles. The summed E-state index contributed by atoms with van der Waals surface area (Å²) in [6, 6.07) is 13.4. The van der Waals surface area contributed by atoms with Crippen LogP contribution in [0.5, 0.6) is 5.95 Å². The fourth-order valence-electron chi connectivity index (χ4n) is 3.32. The number of primary amides is 1. The van der Waals surface area contributed by atoms with E-state index >= 15 is 0 Å². The largest absolute Gasteiger partial charge is 0.425 e. The molecule has 2 N–H and O–H groups in total. The number of anilines is 1. The summed E-state index contributed by atoms with van der Waals surface area (Å²) in [5.74, 6) is 0.0297. The average molecular weight is 436 g/mol. The lowest BCUT2D eigenvalue weighted by Gasteiger charge is -2.35. The Kier molecular flexibility index (Phi) is 5.12. The first-order chi connectivity index (χ1) is 13.8. The van der Waals surface area contributed by atoms with E-state index in [1.54, 1.807) is 30.3 Å². The fraction of sp³-hybridized carbons (Fsp3) is 0.211. The van der Waals surface area contributed by atoms with Gasteiger partial charge in [0.25, 0.3) is 5.95 Å². The molecule has 1 aromatic heterocycles. The van der Waals surface area contributed by atoms with Gasteiger partial charge in [0.15, 0.2) is 0 Å². The number of halogens is 1. The van der Waals surface area contributed by atoms with Crippen LogP contribution in [0.4, 0.5) is 10.5 Å². The Bertz CT molecular complexity index is 1170. The zero-order chi connectivity index (χ0) is 20.6. The molecule has 1 aliphatic heterocycles. The van der Waals surface area contributed by atoms with Gasteiger partial charge in [0.1, 0.15) is 5.58 Å². The van der Waals surface area contributed by atoms with Gasteiger partial charge in [-0.05, 0) is 36.4 Å². The molecule has 29 heavy (non-hydrogen) atoms. The number of nitrogens with zero attached hydrogens (tertiary/aromatic N) is 2. The first kappa shape index (κ1) is 19.6. The summed E-state index contributed by atoms with van der Waals surface area (Å²) < 4.78 is 37.3. The SMILES string of the molecule is NC(=O)Oc1cc2cc(N3CCN(S(=O)(=O)c4cccc(Cl)c4)CC3)ccc2o1. The molecular formula is C19H18ClN3O5S. The predicted octanol–water partition coefficient (Wildman–Crippen LogP) is 3.05. The highest BCUT2D eigenvalue weighted by molar-refractivity contribution is 7.89. The van der Waals surface area contributed by atoms with Gasteiger partial charge in [0, 0.05) is 48.3 Å². The molecule has 10 heteroatoms. The van der Waals surface area contributed by atoms with Crippen LogP contribution in [0.2, 0.25) is 5.02 Å². The maximum atomic E-state index is 12.8. The monoisotopic (exact) mass is 435 g/mol.